The number of esters is 1. The Morgan fingerprint density at radius 3 is 2.81 bits per heavy atom. The van der Waals surface area contributed by atoms with Gasteiger partial charge in [0.05, 0.1) is 17.3 Å². The van der Waals surface area contributed by atoms with Gasteiger partial charge in [-0.25, -0.2) is 9.78 Å². The summed E-state index contributed by atoms with van der Waals surface area (Å²) in [5, 5.41) is 3.07. The number of halogens is 1. The fourth-order valence-electron chi connectivity index (χ4n) is 1.79. The first kappa shape index (κ1) is 15.1. The number of ether oxygens (including phenoxy) is 1. The maximum absolute atomic E-state index is 12.1. The minimum atomic E-state index is -0.490. The molecule has 2 heterocycles. The molecule has 2 aromatic rings. The SMILES string of the molecule is CCOC(=O)c1c(NC(=O)c2ccc(Cl)cn2)c[nH]c1C. The molecule has 110 valence electrons. The molecule has 0 bridgehead atoms. The molecule has 0 spiro atoms. The molecule has 0 atom stereocenters. The van der Waals surface area contributed by atoms with Gasteiger partial charge in [0, 0.05) is 18.1 Å². The lowest BCUT2D eigenvalue weighted by atomic mass is 10.2. The smallest absolute Gasteiger partial charge is 0.342 e. The predicted octanol–water partition coefficient (Wildman–Crippen LogP) is 2.80. The Morgan fingerprint density at radius 1 is 1.43 bits per heavy atom. The van der Waals surface area contributed by atoms with Crippen LogP contribution in [-0.2, 0) is 4.74 Å². The minimum absolute atomic E-state index is 0.202. The third-order valence-electron chi connectivity index (χ3n) is 2.77. The summed E-state index contributed by atoms with van der Waals surface area (Å²) in [5.41, 5.74) is 1.48. The number of aryl methyl sites for hydroxylation is 1. The normalized spacial score (nSPS) is 10.2. The topological polar surface area (TPSA) is 84.1 Å². The van der Waals surface area contributed by atoms with E-state index in [1.54, 1.807) is 19.9 Å². The molecule has 0 aromatic carbocycles. The number of hydrogen-bond acceptors (Lipinski definition) is 4. The Morgan fingerprint density at radius 2 is 2.19 bits per heavy atom. The summed E-state index contributed by atoms with van der Waals surface area (Å²) in [4.78, 5) is 30.8. The average Bonchev–Trinajstić information content (AvgIpc) is 2.80. The van der Waals surface area contributed by atoms with Gasteiger partial charge in [0.25, 0.3) is 5.91 Å². The van der Waals surface area contributed by atoms with Crippen LogP contribution >= 0.6 is 11.6 Å². The van der Waals surface area contributed by atoms with Crippen molar-refractivity contribution >= 4 is 29.2 Å². The van der Waals surface area contributed by atoms with Crippen LogP contribution in [0.5, 0.6) is 0 Å². The van der Waals surface area contributed by atoms with Gasteiger partial charge in [0.1, 0.15) is 11.3 Å². The van der Waals surface area contributed by atoms with Crippen molar-refractivity contribution < 1.29 is 14.3 Å². The third-order valence-corrected chi connectivity index (χ3v) is 2.99. The second-order valence-corrected chi connectivity index (χ2v) is 4.68. The number of aromatic amines is 1. The summed E-state index contributed by atoms with van der Waals surface area (Å²) in [6.45, 7) is 3.70. The molecule has 1 amide bonds. The largest absolute Gasteiger partial charge is 0.462 e. The van der Waals surface area contributed by atoms with Gasteiger partial charge in [-0.15, -0.1) is 0 Å². The van der Waals surface area contributed by atoms with Crippen molar-refractivity contribution in [3.05, 3.63) is 46.5 Å². The zero-order valence-electron chi connectivity index (χ0n) is 11.6. The zero-order valence-corrected chi connectivity index (χ0v) is 12.3. The number of nitrogens with one attached hydrogen (secondary N) is 2. The number of hydrogen-bond donors (Lipinski definition) is 2. The average molecular weight is 308 g/mol. The van der Waals surface area contributed by atoms with Gasteiger partial charge in [0.2, 0.25) is 0 Å². The Labute approximate surface area is 126 Å². The first-order valence-corrected chi connectivity index (χ1v) is 6.68. The quantitative estimate of drug-likeness (QED) is 0.851. The monoisotopic (exact) mass is 307 g/mol. The number of rotatable bonds is 4. The van der Waals surface area contributed by atoms with Crippen LogP contribution in [0, 0.1) is 6.92 Å². The maximum atomic E-state index is 12.1. The predicted molar refractivity (Wildman–Crippen MR) is 78.7 cm³/mol. The third kappa shape index (κ3) is 3.41. The molecule has 21 heavy (non-hydrogen) atoms. The standard InChI is InChI=1S/C14H14ClN3O3/c1-3-21-14(20)12-8(2)16-7-11(12)18-13(19)10-5-4-9(15)6-17-10/h4-7,16H,3H2,1-2H3,(H,18,19). The molecule has 2 aromatic heterocycles. The first-order valence-electron chi connectivity index (χ1n) is 6.31. The van der Waals surface area contributed by atoms with Crippen LogP contribution in [0.25, 0.3) is 0 Å². The van der Waals surface area contributed by atoms with E-state index in [2.05, 4.69) is 15.3 Å². The van der Waals surface area contributed by atoms with Crippen molar-refractivity contribution in [1.82, 2.24) is 9.97 Å². The highest BCUT2D eigenvalue weighted by atomic mass is 35.5. The van der Waals surface area contributed by atoms with E-state index in [9.17, 15) is 9.59 Å². The Kier molecular flexibility index (Phi) is 4.59. The summed E-state index contributed by atoms with van der Waals surface area (Å²) in [5.74, 6) is -0.924. The molecule has 0 saturated carbocycles. The molecule has 7 heteroatoms. The van der Waals surface area contributed by atoms with Crippen molar-refractivity contribution in [2.24, 2.45) is 0 Å². The number of carbonyl (C=O) groups excluding carboxylic acids is 2. The van der Waals surface area contributed by atoms with E-state index in [4.69, 9.17) is 16.3 Å². The molecule has 0 fully saturated rings. The van der Waals surface area contributed by atoms with Gasteiger partial charge in [-0.3, -0.25) is 4.79 Å². The van der Waals surface area contributed by atoms with E-state index in [0.29, 0.717) is 22.0 Å². The molecule has 2 rings (SSSR count). The fraction of sp³-hybridized carbons (Fsp3) is 0.214. The van der Waals surface area contributed by atoms with E-state index in [-0.39, 0.29) is 12.3 Å². The van der Waals surface area contributed by atoms with Crippen LogP contribution < -0.4 is 5.32 Å². The molecule has 6 nitrogen and oxygen atoms in total. The number of anilines is 1. The Bertz CT molecular complexity index is 665. The Hall–Kier alpha value is -2.34. The number of nitrogens with zero attached hydrogens (tertiary/aromatic N) is 1. The van der Waals surface area contributed by atoms with Crippen molar-refractivity contribution in [2.75, 3.05) is 11.9 Å². The van der Waals surface area contributed by atoms with Crippen molar-refractivity contribution in [3.8, 4) is 0 Å². The second-order valence-electron chi connectivity index (χ2n) is 4.24. The van der Waals surface area contributed by atoms with Gasteiger partial charge in [0.15, 0.2) is 0 Å². The van der Waals surface area contributed by atoms with Crippen LogP contribution in [-0.4, -0.2) is 28.5 Å². The van der Waals surface area contributed by atoms with Gasteiger partial charge >= 0.3 is 5.97 Å². The molecule has 0 unspecified atom stereocenters. The van der Waals surface area contributed by atoms with Gasteiger partial charge in [-0.2, -0.15) is 0 Å². The second kappa shape index (κ2) is 6.41. The van der Waals surface area contributed by atoms with E-state index >= 15 is 0 Å². The van der Waals surface area contributed by atoms with Crippen molar-refractivity contribution in [3.63, 3.8) is 0 Å². The summed E-state index contributed by atoms with van der Waals surface area (Å²) < 4.78 is 4.97. The lowest BCUT2D eigenvalue weighted by Gasteiger charge is -2.07. The zero-order chi connectivity index (χ0) is 15.4. The minimum Gasteiger partial charge on any atom is -0.462 e. The number of H-pyrrole nitrogens is 1. The maximum Gasteiger partial charge on any atom is 0.342 e. The fourth-order valence-corrected chi connectivity index (χ4v) is 1.90. The van der Waals surface area contributed by atoms with E-state index in [1.807, 2.05) is 0 Å². The van der Waals surface area contributed by atoms with E-state index < -0.39 is 11.9 Å². The highest BCUT2D eigenvalue weighted by Gasteiger charge is 2.19. The van der Waals surface area contributed by atoms with Gasteiger partial charge in [-0.05, 0) is 26.0 Å². The molecule has 0 aliphatic heterocycles. The number of amides is 1. The molecule has 0 aliphatic carbocycles. The molecular weight excluding hydrogens is 294 g/mol. The van der Waals surface area contributed by atoms with Crippen LogP contribution in [0.4, 0.5) is 5.69 Å². The summed E-state index contributed by atoms with van der Waals surface area (Å²) in [6.07, 6.45) is 2.92. The summed E-state index contributed by atoms with van der Waals surface area (Å²) in [7, 11) is 0. The number of carbonyl (C=O) groups is 2. The molecule has 0 aliphatic rings. The molecular formula is C14H14ClN3O3. The Balaban J connectivity index is 2.22. The van der Waals surface area contributed by atoms with E-state index in [0.717, 1.165) is 0 Å². The van der Waals surface area contributed by atoms with Gasteiger partial charge < -0.3 is 15.0 Å². The van der Waals surface area contributed by atoms with Crippen LogP contribution in [0.2, 0.25) is 5.02 Å². The number of pyridine rings is 1. The van der Waals surface area contributed by atoms with Crippen LogP contribution in [0.3, 0.4) is 0 Å². The van der Waals surface area contributed by atoms with Crippen molar-refractivity contribution in [1.29, 1.82) is 0 Å². The van der Waals surface area contributed by atoms with Crippen LogP contribution in [0.1, 0.15) is 33.5 Å². The summed E-state index contributed by atoms with van der Waals surface area (Å²) >= 11 is 5.72. The van der Waals surface area contributed by atoms with Crippen molar-refractivity contribution in [2.45, 2.75) is 13.8 Å². The first-order chi connectivity index (χ1) is 10.0. The molecule has 2 N–H and O–H groups in total. The van der Waals surface area contributed by atoms with E-state index in [1.165, 1.54) is 18.5 Å². The lowest BCUT2D eigenvalue weighted by molar-refractivity contribution is 0.0527. The van der Waals surface area contributed by atoms with Gasteiger partial charge in [-0.1, -0.05) is 11.6 Å². The lowest BCUT2D eigenvalue weighted by Crippen LogP contribution is -2.16. The molecule has 0 saturated heterocycles. The highest BCUT2D eigenvalue weighted by Crippen LogP contribution is 2.21. The number of aromatic nitrogens is 2. The highest BCUT2D eigenvalue weighted by molar-refractivity contribution is 6.30. The summed E-state index contributed by atoms with van der Waals surface area (Å²) in [6, 6.07) is 3.07. The van der Waals surface area contributed by atoms with Crippen LogP contribution in [0.15, 0.2) is 24.5 Å². The molecule has 0 radical (unpaired) electrons.